The lowest BCUT2D eigenvalue weighted by Gasteiger charge is -2.12. The number of benzene rings is 1. The van der Waals surface area contributed by atoms with Crippen molar-refractivity contribution in [3.8, 4) is 23.3 Å². The van der Waals surface area contributed by atoms with Crippen molar-refractivity contribution in [2.24, 2.45) is 0 Å². The second kappa shape index (κ2) is 5.92. The molecule has 22 heavy (non-hydrogen) atoms. The molecule has 6 nitrogen and oxygen atoms in total. The SMILES string of the molecule is COc1ncnc(Oc2ccc(F)c(OC(F)(F)F)c2)c1N. The number of aromatic nitrogens is 2. The summed E-state index contributed by atoms with van der Waals surface area (Å²) >= 11 is 0. The molecule has 10 heteroatoms. The van der Waals surface area contributed by atoms with Gasteiger partial charge in [0.2, 0.25) is 11.8 Å². The van der Waals surface area contributed by atoms with Crippen molar-refractivity contribution in [1.82, 2.24) is 9.97 Å². The molecule has 1 heterocycles. The van der Waals surface area contributed by atoms with Crippen LogP contribution in [0.25, 0.3) is 0 Å². The van der Waals surface area contributed by atoms with E-state index in [0.29, 0.717) is 0 Å². The topological polar surface area (TPSA) is 79.5 Å². The standard InChI is InChI=1S/C12H9F4N3O3/c1-20-10-9(17)11(19-5-18-10)21-6-2-3-7(13)8(4-6)22-12(14,15)16/h2-5H,17H2,1H3. The van der Waals surface area contributed by atoms with Crippen molar-refractivity contribution < 1.29 is 31.8 Å². The van der Waals surface area contributed by atoms with Crippen LogP contribution in [0.5, 0.6) is 23.3 Å². The minimum atomic E-state index is -5.03. The molecule has 118 valence electrons. The highest BCUT2D eigenvalue weighted by Gasteiger charge is 2.32. The minimum absolute atomic E-state index is 0.0267. The molecule has 1 aromatic carbocycles. The van der Waals surface area contributed by atoms with E-state index in [1.165, 1.54) is 7.11 Å². The summed E-state index contributed by atoms with van der Waals surface area (Å²) in [6.07, 6.45) is -3.95. The Morgan fingerprint density at radius 1 is 1.14 bits per heavy atom. The number of halogens is 4. The quantitative estimate of drug-likeness (QED) is 0.873. The summed E-state index contributed by atoms with van der Waals surface area (Å²) in [6, 6.07) is 2.56. The van der Waals surface area contributed by atoms with E-state index in [9.17, 15) is 17.6 Å². The second-order valence-electron chi connectivity index (χ2n) is 3.84. The summed E-state index contributed by atoms with van der Waals surface area (Å²) in [4.78, 5) is 7.42. The van der Waals surface area contributed by atoms with Gasteiger partial charge in [-0.2, -0.15) is 9.97 Å². The van der Waals surface area contributed by atoms with E-state index in [0.717, 1.165) is 24.5 Å². The molecule has 0 fully saturated rings. The average Bonchev–Trinajstić information content (AvgIpc) is 2.43. The zero-order chi connectivity index (χ0) is 16.3. The van der Waals surface area contributed by atoms with Gasteiger partial charge in [-0.25, -0.2) is 4.39 Å². The van der Waals surface area contributed by atoms with Crippen LogP contribution in [0.1, 0.15) is 0 Å². The summed E-state index contributed by atoms with van der Waals surface area (Å²) < 4.78 is 63.3. The van der Waals surface area contributed by atoms with Gasteiger partial charge in [0.25, 0.3) is 0 Å². The summed E-state index contributed by atoms with van der Waals surface area (Å²) in [5.74, 6) is -2.52. The van der Waals surface area contributed by atoms with Crippen molar-refractivity contribution in [3.63, 3.8) is 0 Å². The fraction of sp³-hybridized carbons (Fsp3) is 0.167. The highest BCUT2D eigenvalue weighted by Crippen LogP contribution is 2.34. The summed E-state index contributed by atoms with van der Waals surface area (Å²) in [6.45, 7) is 0. The number of nitrogens with two attached hydrogens (primary N) is 1. The van der Waals surface area contributed by atoms with Crippen LogP contribution < -0.4 is 19.9 Å². The first kappa shape index (κ1) is 15.6. The third-order valence-corrected chi connectivity index (χ3v) is 2.35. The molecule has 2 rings (SSSR count). The number of nitrogen functional groups attached to an aromatic ring is 1. The number of nitrogens with zero attached hydrogens (tertiary/aromatic N) is 2. The Balaban J connectivity index is 2.29. The van der Waals surface area contributed by atoms with E-state index >= 15 is 0 Å². The lowest BCUT2D eigenvalue weighted by molar-refractivity contribution is -0.275. The minimum Gasteiger partial charge on any atom is -0.479 e. The van der Waals surface area contributed by atoms with Crippen LogP contribution in [-0.2, 0) is 0 Å². The highest BCUT2D eigenvalue weighted by molar-refractivity contribution is 5.56. The molecule has 0 amide bonds. The molecular formula is C12H9F4N3O3. The molecule has 0 saturated heterocycles. The number of rotatable bonds is 4. The van der Waals surface area contributed by atoms with Crippen molar-refractivity contribution in [1.29, 1.82) is 0 Å². The van der Waals surface area contributed by atoms with Crippen LogP contribution >= 0.6 is 0 Å². The van der Waals surface area contributed by atoms with Gasteiger partial charge in [0.05, 0.1) is 7.11 Å². The van der Waals surface area contributed by atoms with Crippen LogP contribution in [0.3, 0.4) is 0 Å². The molecule has 0 aliphatic rings. The molecule has 0 aliphatic heterocycles. The summed E-state index contributed by atoms with van der Waals surface area (Å²) in [7, 11) is 1.32. The van der Waals surface area contributed by atoms with Gasteiger partial charge in [0.1, 0.15) is 12.1 Å². The average molecular weight is 319 g/mol. The van der Waals surface area contributed by atoms with Crippen LogP contribution in [0.2, 0.25) is 0 Å². The molecule has 2 N–H and O–H groups in total. The Labute approximate surface area is 121 Å². The Bertz CT molecular complexity index is 679. The van der Waals surface area contributed by atoms with Crippen molar-refractivity contribution >= 4 is 5.69 Å². The van der Waals surface area contributed by atoms with Crippen LogP contribution in [0.15, 0.2) is 24.5 Å². The Morgan fingerprint density at radius 3 is 2.45 bits per heavy atom. The first-order valence-electron chi connectivity index (χ1n) is 5.68. The van der Waals surface area contributed by atoms with E-state index in [4.69, 9.17) is 15.2 Å². The largest absolute Gasteiger partial charge is 0.573 e. The molecule has 2 aromatic rings. The van der Waals surface area contributed by atoms with Gasteiger partial charge in [-0.05, 0) is 12.1 Å². The highest BCUT2D eigenvalue weighted by atomic mass is 19.4. The number of methoxy groups -OCH3 is 1. The molecular weight excluding hydrogens is 310 g/mol. The predicted octanol–water partition coefficient (Wildman–Crippen LogP) is 2.90. The van der Waals surface area contributed by atoms with Crippen molar-refractivity contribution in [2.45, 2.75) is 6.36 Å². The lowest BCUT2D eigenvalue weighted by atomic mass is 10.3. The number of hydrogen-bond donors (Lipinski definition) is 1. The first-order chi connectivity index (χ1) is 10.3. The molecule has 0 radical (unpaired) electrons. The van der Waals surface area contributed by atoms with E-state index in [1.807, 2.05) is 0 Å². The van der Waals surface area contributed by atoms with Crippen LogP contribution in [-0.4, -0.2) is 23.4 Å². The summed E-state index contributed by atoms with van der Waals surface area (Å²) in [5.41, 5.74) is 5.59. The Morgan fingerprint density at radius 2 is 1.82 bits per heavy atom. The smallest absolute Gasteiger partial charge is 0.479 e. The van der Waals surface area contributed by atoms with Crippen molar-refractivity contribution in [3.05, 3.63) is 30.3 Å². The van der Waals surface area contributed by atoms with Gasteiger partial charge >= 0.3 is 6.36 Å². The van der Waals surface area contributed by atoms with Crippen LogP contribution in [0.4, 0.5) is 23.2 Å². The summed E-state index contributed by atoms with van der Waals surface area (Å²) in [5, 5.41) is 0. The van der Waals surface area contributed by atoms with Gasteiger partial charge in [0, 0.05) is 6.07 Å². The number of anilines is 1. The van der Waals surface area contributed by atoms with E-state index < -0.39 is 17.9 Å². The zero-order valence-corrected chi connectivity index (χ0v) is 11.0. The van der Waals surface area contributed by atoms with E-state index in [2.05, 4.69) is 14.7 Å². The Kier molecular flexibility index (Phi) is 4.20. The van der Waals surface area contributed by atoms with Gasteiger partial charge in [0.15, 0.2) is 17.3 Å². The fourth-order valence-corrected chi connectivity index (χ4v) is 1.47. The third-order valence-electron chi connectivity index (χ3n) is 2.35. The number of ether oxygens (including phenoxy) is 3. The van der Waals surface area contributed by atoms with Crippen LogP contribution in [0, 0.1) is 5.82 Å². The molecule has 1 aromatic heterocycles. The molecule has 0 bridgehead atoms. The maximum absolute atomic E-state index is 13.3. The van der Waals surface area contributed by atoms with Gasteiger partial charge in [-0.15, -0.1) is 13.2 Å². The van der Waals surface area contributed by atoms with Gasteiger partial charge < -0.3 is 19.9 Å². The van der Waals surface area contributed by atoms with E-state index in [1.54, 1.807) is 0 Å². The maximum Gasteiger partial charge on any atom is 0.573 e. The fourth-order valence-electron chi connectivity index (χ4n) is 1.47. The first-order valence-corrected chi connectivity index (χ1v) is 5.68. The van der Waals surface area contributed by atoms with Gasteiger partial charge in [-0.3, -0.25) is 0 Å². The van der Waals surface area contributed by atoms with E-state index in [-0.39, 0.29) is 23.2 Å². The zero-order valence-electron chi connectivity index (χ0n) is 11.0. The maximum atomic E-state index is 13.3. The molecule has 0 saturated carbocycles. The second-order valence-corrected chi connectivity index (χ2v) is 3.84. The molecule has 0 aliphatic carbocycles. The predicted molar refractivity (Wildman–Crippen MR) is 66.2 cm³/mol. The molecule has 0 atom stereocenters. The lowest BCUT2D eigenvalue weighted by Crippen LogP contribution is -2.17. The molecule has 0 unspecified atom stereocenters. The third kappa shape index (κ3) is 3.65. The van der Waals surface area contributed by atoms with Crippen molar-refractivity contribution in [2.75, 3.05) is 12.8 Å². The monoisotopic (exact) mass is 319 g/mol. The molecule has 0 spiro atoms. The number of hydrogen-bond acceptors (Lipinski definition) is 6. The number of alkyl halides is 3. The Hall–Kier alpha value is -2.78. The normalized spacial score (nSPS) is 11.1. The van der Waals surface area contributed by atoms with Gasteiger partial charge in [-0.1, -0.05) is 0 Å².